The number of amides is 2. The molecule has 0 atom stereocenters. The first-order valence-electron chi connectivity index (χ1n) is 8.05. The second-order valence-electron chi connectivity index (χ2n) is 5.36. The van der Waals surface area contributed by atoms with Crippen molar-refractivity contribution in [3.63, 3.8) is 0 Å². The van der Waals surface area contributed by atoms with Crippen LogP contribution < -0.4 is 4.74 Å². The van der Waals surface area contributed by atoms with Gasteiger partial charge in [-0.25, -0.2) is 4.79 Å². The van der Waals surface area contributed by atoms with Crippen molar-refractivity contribution >= 4 is 12.0 Å². The summed E-state index contributed by atoms with van der Waals surface area (Å²) < 4.78 is 10.5. The summed E-state index contributed by atoms with van der Waals surface area (Å²) in [6.07, 6.45) is 0.619. The predicted octanol–water partition coefficient (Wildman–Crippen LogP) is 1.93. The molecule has 0 saturated carbocycles. The van der Waals surface area contributed by atoms with Gasteiger partial charge in [0.05, 0.1) is 6.61 Å². The Balaban J connectivity index is 1.77. The van der Waals surface area contributed by atoms with Gasteiger partial charge in [0.2, 0.25) is 0 Å². The van der Waals surface area contributed by atoms with E-state index in [2.05, 4.69) is 6.92 Å². The van der Waals surface area contributed by atoms with Crippen molar-refractivity contribution in [2.75, 3.05) is 39.4 Å². The van der Waals surface area contributed by atoms with Crippen LogP contribution in [0.15, 0.2) is 24.3 Å². The van der Waals surface area contributed by atoms with Crippen LogP contribution in [0.2, 0.25) is 0 Å². The Labute approximate surface area is 137 Å². The van der Waals surface area contributed by atoms with Crippen molar-refractivity contribution in [2.24, 2.45) is 0 Å². The van der Waals surface area contributed by atoms with Gasteiger partial charge in [-0.1, -0.05) is 19.1 Å². The van der Waals surface area contributed by atoms with Crippen LogP contribution in [0.25, 0.3) is 0 Å². The summed E-state index contributed by atoms with van der Waals surface area (Å²) in [4.78, 5) is 27.2. The molecule has 0 unspecified atom stereocenters. The third kappa shape index (κ3) is 4.87. The first kappa shape index (κ1) is 17.1. The standard InChI is InChI=1S/C17H24N2O4/c1-3-14-6-5-7-15(12-14)23-13-16(20)18-8-10-19(11-9-18)17(21)22-4-2/h5-7,12H,3-4,8-11,13H2,1-2H3. The van der Waals surface area contributed by atoms with E-state index in [1.807, 2.05) is 24.3 Å². The van der Waals surface area contributed by atoms with Gasteiger partial charge in [0.1, 0.15) is 5.75 Å². The summed E-state index contributed by atoms with van der Waals surface area (Å²) in [5.41, 5.74) is 1.18. The summed E-state index contributed by atoms with van der Waals surface area (Å²) >= 11 is 0. The Bertz CT molecular complexity index is 539. The number of carbonyl (C=O) groups is 2. The normalized spacial score (nSPS) is 14.5. The Kier molecular flexibility index (Phi) is 6.26. The number of ether oxygens (including phenoxy) is 2. The fourth-order valence-electron chi connectivity index (χ4n) is 2.44. The van der Waals surface area contributed by atoms with Crippen LogP contribution in [0, 0.1) is 0 Å². The van der Waals surface area contributed by atoms with E-state index in [1.54, 1.807) is 16.7 Å². The van der Waals surface area contributed by atoms with E-state index in [1.165, 1.54) is 5.56 Å². The molecule has 6 nitrogen and oxygen atoms in total. The van der Waals surface area contributed by atoms with E-state index >= 15 is 0 Å². The van der Waals surface area contributed by atoms with Crippen LogP contribution in [0.1, 0.15) is 19.4 Å². The molecule has 1 aromatic rings. The number of hydrogen-bond donors (Lipinski definition) is 0. The Hall–Kier alpha value is -2.24. The summed E-state index contributed by atoms with van der Waals surface area (Å²) in [6, 6.07) is 7.76. The lowest BCUT2D eigenvalue weighted by Gasteiger charge is -2.33. The number of nitrogens with zero attached hydrogens (tertiary/aromatic N) is 2. The lowest BCUT2D eigenvalue weighted by atomic mass is 10.2. The average Bonchev–Trinajstić information content (AvgIpc) is 2.60. The van der Waals surface area contributed by atoms with Crippen LogP contribution in [0.4, 0.5) is 4.79 Å². The van der Waals surface area contributed by atoms with Gasteiger partial charge < -0.3 is 19.3 Å². The number of carbonyl (C=O) groups excluding carboxylic acids is 2. The van der Waals surface area contributed by atoms with Crippen molar-refractivity contribution in [3.8, 4) is 5.75 Å². The van der Waals surface area contributed by atoms with Crippen LogP contribution in [0.3, 0.4) is 0 Å². The molecule has 1 saturated heterocycles. The van der Waals surface area contributed by atoms with E-state index in [0.29, 0.717) is 38.5 Å². The van der Waals surface area contributed by atoms with Gasteiger partial charge in [0.25, 0.3) is 5.91 Å². The SMILES string of the molecule is CCOC(=O)N1CCN(C(=O)COc2cccc(CC)c2)CC1. The summed E-state index contributed by atoms with van der Waals surface area (Å²) in [5, 5.41) is 0. The van der Waals surface area contributed by atoms with Crippen molar-refractivity contribution in [2.45, 2.75) is 20.3 Å². The molecule has 0 spiro atoms. The summed E-state index contributed by atoms with van der Waals surface area (Å²) in [6.45, 7) is 6.25. The van der Waals surface area contributed by atoms with Crippen LogP contribution in [-0.4, -0.2) is 61.2 Å². The van der Waals surface area contributed by atoms with E-state index < -0.39 is 0 Å². The minimum absolute atomic E-state index is 0.0204. The third-order valence-corrected chi connectivity index (χ3v) is 3.83. The third-order valence-electron chi connectivity index (χ3n) is 3.83. The van der Waals surface area contributed by atoms with E-state index in [-0.39, 0.29) is 18.6 Å². The van der Waals surface area contributed by atoms with Gasteiger partial charge in [0.15, 0.2) is 6.61 Å². The fraction of sp³-hybridized carbons (Fsp3) is 0.529. The molecule has 0 bridgehead atoms. The molecule has 1 aliphatic rings. The van der Waals surface area contributed by atoms with Gasteiger partial charge in [-0.05, 0) is 31.0 Å². The molecule has 126 valence electrons. The lowest BCUT2D eigenvalue weighted by molar-refractivity contribution is -0.134. The number of rotatable bonds is 5. The molecule has 0 N–H and O–H groups in total. The van der Waals surface area contributed by atoms with E-state index in [4.69, 9.17) is 9.47 Å². The first-order valence-corrected chi connectivity index (χ1v) is 8.05. The van der Waals surface area contributed by atoms with Crippen molar-refractivity contribution < 1.29 is 19.1 Å². The average molecular weight is 320 g/mol. The topological polar surface area (TPSA) is 59.1 Å². The molecule has 0 aromatic heterocycles. The van der Waals surface area contributed by atoms with Gasteiger partial charge in [0, 0.05) is 26.2 Å². The molecule has 0 radical (unpaired) electrons. The maximum atomic E-state index is 12.2. The van der Waals surface area contributed by atoms with Gasteiger partial charge >= 0.3 is 6.09 Å². The molecule has 1 aromatic carbocycles. The molecule has 1 aliphatic heterocycles. The number of hydrogen-bond acceptors (Lipinski definition) is 4. The van der Waals surface area contributed by atoms with Crippen LogP contribution in [0.5, 0.6) is 5.75 Å². The second kappa shape index (κ2) is 8.41. The molecule has 0 aliphatic carbocycles. The Morgan fingerprint density at radius 1 is 1.09 bits per heavy atom. The minimum atomic E-state index is -0.313. The zero-order chi connectivity index (χ0) is 16.7. The Morgan fingerprint density at radius 3 is 2.43 bits per heavy atom. The predicted molar refractivity (Wildman–Crippen MR) is 86.5 cm³/mol. The molecular formula is C17H24N2O4. The van der Waals surface area contributed by atoms with Gasteiger partial charge in [-0.2, -0.15) is 0 Å². The number of piperazine rings is 1. The molecular weight excluding hydrogens is 296 g/mol. The lowest BCUT2D eigenvalue weighted by Crippen LogP contribution is -2.51. The summed E-state index contributed by atoms with van der Waals surface area (Å²) in [5.74, 6) is 0.651. The van der Waals surface area contributed by atoms with Gasteiger partial charge in [-0.3, -0.25) is 4.79 Å². The largest absolute Gasteiger partial charge is 0.484 e. The monoisotopic (exact) mass is 320 g/mol. The highest BCUT2D eigenvalue weighted by Gasteiger charge is 2.24. The van der Waals surface area contributed by atoms with Crippen LogP contribution >= 0.6 is 0 Å². The quantitative estimate of drug-likeness (QED) is 0.832. The maximum absolute atomic E-state index is 12.2. The Morgan fingerprint density at radius 2 is 1.78 bits per heavy atom. The highest BCUT2D eigenvalue weighted by atomic mass is 16.6. The number of aryl methyl sites for hydroxylation is 1. The van der Waals surface area contributed by atoms with Crippen molar-refractivity contribution in [1.29, 1.82) is 0 Å². The van der Waals surface area contributed by atoms with Crippen LogP contribution in [-0.2, 0) is 16.0 Å². The zero-order valence-corrected chi connectivity index (χ0v) is 13.8. The first-order chi connectivity index (χ1) is 11.1. The highest BCUT2D eigenvalue weighted by molar-refractivity contribution is 5.78. The molecule has 23 heavy (non-hydrogen) atoms. The molecule has 1 heterocycles. The number of benzene rings is 1. The minimum Gasteiger partial charge on any atom is -0.484 e. The summed E-state index contributed by atoms with van der Waals surface area (Å²) in [7, 11) is 0. The van der Waals surface area contributed by atoms with E-state index in [0.717, 1.165) is 6.42 Å². The molecule has 1 fully saturated rings. The second-order valence-corrected chi connectivity index (χ2v) is 5.36. The molecule has 6 heteroatoms. The van der Waals surface area contributed by atoms with Crippen molar-refractivity contribution in [3.05, 3.63) is 29.8 Å². The van der Waals surface area contributed by atoms with E-state index in [9.17, 15) is 9.59 Å². The van der Waals surface area contributed by atoms with Crippen molar-refractivity contribution in [1.82, 2.24) is 9.80 Å². The van der Waals surface area contributed by atoms with Gasteiger partial charge in [-0.15, -0.1) is 0 Å². The molecule has 2 amide bonds. The smallest absolute Gasteiger partial charge is 0.409 e. The highest BCUT2D eigenvalue weighted by Crippen LogP contribution is 2.14. The zero-order valence-electron chi connectivity index (χ0n) is 13.8. The maximum Gasteiger partial charge on any atom is 0.409 e. The molecule has 2 rings (SSSR count). The fourth-order valence-corrected chi connectivity index (χ4v) is 2.44.